The summed E-state index contributed by atoms with van der Waals surface area (Å²) in [5, 5.41) is 3.67. The summed E-state index contributed by atoms with van der Waals surface area (Å²) in [6.45, 7) is 6.19. The molecule has 2 atom stereocenters. The van der Waals surface area contributed by atoms with Crippen molar-refractivity contribution in [3.63, 3.8) is 0 Å². The lowest BCUT2D eigenvalue weighted by atomic mass is 9.89. The van der Waals surface area contributed by atoms with Gasteiger partial charge in [0.15, 0.2) is 0 Å². The Hall–Kier alpha value is -0.380. The Morgan fingerprint density at radius 2 is 2.06 bits per heavy atom. The van der Waals surface area contributed by atoms with Crippen LogP contribution in [-0.4, -0.2) is 25.3 Å². The molecule has 1 aromatic carbocycles. The molecule has 0 saturated carbocycles. The fraction of sp³-hybridized carbons (Fsp3) is 0.600. The van der Waals surface area contributed by atoms with Gasteiger partial charge in [-0.05, 0) is 30.5 Å². The molecule has 2 nitrogen and oxygen atoms in total. The van der Waals surface area contributed by atoms with Crippen molar-refractivity contribution in [3.05, 3.63) is 34.3 Å². The lowest BCUT2D eigenvalue weighted by Gasteiger charge is -2.33. The minimum absolute atomic E-state index is 0.542. The molecule has 3 heteroatoms. The zero-order valence-corrected chi connectivity index (χ0v) is 12.7. The van der Waals surface area contributed by atoms with Crippen molar-refractivity contribution in [2.45, 2.75) is 38.8 Å². The third kappa shape index (κ3) is 4.08. The maximum Gasteiger partial charge on any atom is 0.0512 e. The second-order valence-electron chi connectivity index (χ2n) is 5.38. The fourth-order valence-corrected chi connectivity index (χ4v) is 2.83. The fourth-order valence-electron chi connectivity index (χ4n) is 2.57. The molecule has 2 rings (SSSR count). The first-order valence-electron chi connectivity index (χ1n) is 6.73. The van der Waals surface area contributed by atoms with E-state index in [9.17, 15) is 0 Å². The summed E-state index contributed by atoms with van der Waals surface area (Å²) in [7, 11) is 0. The number of hydrogen-bond donors (Lipinski definition) is 1. The van der Waals surface area contributed by atoms with Crippen LogP contribution in [0.2, 0.25) is 0 Å². The third-order valence-electron chi connectivity index (χ3n) is 3.43. The van der Waals surface area contributed by atoms with E-state index in [1.165, 1.54) is 5.56 Å². The maximum absolute atomic E-state index is 5.64. The van der Waals surface area contributed by atoms with E-state index < -0.39 is 0 Å². The minimum atomic E-state index is 0.542. The highest BCUT2D eigenvalue weighted by Gasteiger charge is 2.26. The van der Waals surface area contributed by atoms with Crippen LogP contribution >= 0.6 is 15.9 Å². The van der Waals surface area contributed by atoms with Crippen LogP contribution < -0.4 is 5.32 Å². The number of nitrogens with one attached hydrogen (secondary N) is 1. The standard InChI is InChI=1S/C15H22BrNO/c1-11(2)17-15-7-8-18-10-13(15)9-12-3-5-14(16)6-4-12/h3-6,11,13,15,17H,7-10H2,1-2H3/t13-,15+/m0/s1. The van der Waals surface area contributed by atoms with E-state index >= 15 is 0 Å². The van der Waals surface area contributed by atoms with Gasteiger partial charge in [0.1, 0.15) is 0 Å². The molecule has 1 N–H and O–H groups in total. The average molecular weight is 312 g/mol. The number of halogens is 1. The number of ether oxygens (including phenoxy) is 1. The summed E-state index contributed by atoms with van der Waals surface area (Å²) in [6, 6.07) is 9.76. The quantitative estimate of drug-likeness (QED) is 0.920. The first-order valence-corrected chi connectivity index (χ1v) is 7.52. The van der Waals surface area contributed by atoms with Crippen molar-refractivity contribution in [1.29, 1.82) is 0 Å². The van der Waals surface area contributed by atoms with E-state index in [1.807, 2.05) is 0 Å². The first-order chi connectivity index (χ1) is 8.65. The Morgan fingerprint density at radius 1 is 1.33 bits per heavy atom. The van der Waals surface area contributed by atoms with E-state index in [2.05, 4.69) is 59.4 Å². The van der Waals surface area contributed by atoms with Gasteiger partial charge >= 0.3 is 0 Å². The van der Waals surface area contributed by atoms with Crippen molar-refractivity contribution < 1.29 is 4.74 Å². The number of rotatable bonds is 4. The highest BCUT2D eigenvalue weighted by molar-refractivity contribution is 9.10. The van der Waals surface area contributed by atoms with Gasteiger partial charge in [-0.3, -0.25) is 0 Å². The van der Waals surface area contributed by atoms with Crippen LogP contribution in [0.1, 0.15) is 25.8 Å². The highest BCUT2D eigenvalue weighted by Crippen LogP contribution is 2.21. The van der Waals surface area contributed by atoms with Gasteiger partial charge < -0.3 is 10.1 Å². The minimum Gasteiger partial charge on any atom is -0.381 e. The SMILES string of the molecule is CC(C)N[C@@H]1CCOC[C@@H]1Cc1ccc(Br)cc1. The Kier molecular flexibility index (Phi) is 5.22. The molecule has 1 saturated heterocycles. The molecule has 0 radical (unpaired) electrons. The molecule has 1 fully saturated rings. The third-order valence-corrected chi connectivity index (χ3v) is 3.96. The smallest absolute Gasteiger partial charge is 0.0512 e. The van der Waals surface area contributed by atoms with Gasteiger partial charge in [0, 0.05) is 29.1 Å². The van der Waals surface area contributed by atoms with Gasteiger partial charge in [-0.15, -0.1) is 0 Å². The van der Waals surface area contributed by atoms with Crippen molar-refractivity contribution >= 4 is 15.9 Å². The van der Waals surface area contributed by atoms with Gasteiger partial charge in [0.2, 0.25) is 0 Å². The Labute approximate surface area is 118 Å². The van der Waals surface area contributed by atoms with Gasteiger partial charge in [-0.2, -0.15) is 0 Å². The van der Waals surface area contributed by atoms with E-state index in [0.717, 1.165) is 30.5 Å². The van der Waals surface area contributed by atoms with Crippen LogP contribution in [0.25, 0.3) is 0 Å². The van der Waals surface area contributed by atoms with Crippen LogP contribution in [0.4, 0.5) is 0 Å². The molecular weight excluding hydrogens is 290 g/mol. The van der Waals surface area contributed by atoms with E-state index in [0.29, 0.717) is 18.0 Å². The molecule has 1 aromatic rings. The van der Waals surface area contributed by atoms with Crippen molar-refractivity contribution in [1.82, 2.24) is 5.32 Å². The largest absolute Gasteiger partial charge is 0.381 e. The topological polar surface area (TPSA) is 21.3 Å². The van der Waals surface area contributed by atoms with Crippen LogP contribution in [0.3, 0.4) is 0 Å². The zero-order valence-electron chi connectivity index (χ0n) is 11.2. The zero-order chi connectivity index (χ0) is 13.0. The highest BCUT2D eigenvalue weighted by atomic mass is 79.9. The molecule has 0 unspecified atom stereocenters. The number of benzene rings is 1. The monoisotopic (exact) mass is 311 g/mol. The molecule has 18 heavy (non-hydrogen) atoms. The summed E-state index contributed by atoms with van der Waals surface area (Å²) >= 11 is 3.48. The molecule has 0 amide bonds. The van der Waals surface area contributed by atoms with Gasteiger partial charge in [-0.1, -0.05) is 41.9 Å². The molecule has 1 aliphatic heterocycles. The average Bonchev–Trinajstić information content (AvgIpc) is 2.34. The second-order valence-corrected chi connectivity index (χ2v) is 6.30. The first kappa shape index (κ1) is 14.0. The van der Waals surface area contributed by atoms with Crippen LogP contribution in [-0.2, 0) is 11.2 Å². The summed E-state index contributed by atoms with van der Waals surface area (Å²) in [4.78, 5) is 0. The molecule has 0 aromatic heterocycles. The summed E-state index contributed by atoms with van der Waals surface area (Å²) in [5.41, 5.74) is 1.39. The van der Waals surface area contributed by atoms with Crippen LogP contribution in [0.15, 0.2) is 28.7 Å². The molecular formula is C15H22BrNO. The summed E-state index contributed by atoms with van der Waals surface area (Å²) < 4.78 is 6.78. The lowest BCUT2D eigenvalue weighted by molar-refractivity contribution is 0.0300. The second kappa shape index (κ2) is 6.69. The molecule has 0 bridgehead atoms. The lowest BCUT2D eigenvalue weighted by Crippen LogP contribution is -2.46. The summed E-state index contributed by atoms with van der Waals surface area (Å²) in [6.07, 6.45) is 2.22. The number of hydrogen-bond acceptors (Lipinski definition) is 2. The van der Waals surface area contributed by atoms with Crippen LogP contribution in [0, 0.1) is 5.92 Å². The van der Waals surface area contributed by atoms with E-state index in [-0.39, 0.29) is 0 Å². The van der Waals surface area contributed by atoms with E-state index in [1.54, 1.807) is 0 Å². The molecule has 1 heterocycles. The van der Waals surface area contributed by atoms with Crippen molar-refractivity contribution in [2.75, 3.05) is 13.2 Å². The Morgan fingerprint density at radius 3 is 2.72 bits per heavy atom. The Bertz CT molecular complexity index is 363. The molecule has 1 aliphatic rings. The van der Waals surface area contributed by atoms with Gasteiger partial charge in [0.25, 0.3) is 0 Å². The normalized spacial score (nSPS) is 24.4. The maximum atomic E-state index is 5.64. The Balaban J connectivity index is 1.98. The van der Waals surface area contributed by atoms with E-state index in [4.69, 9.17) is 4.74 Å². The van der Waals surface area contributed by atoms with Crippen molar-refractivity contribution in [3.8, 4) is 0 Å². The molecule has 0 aliphatic carbocycles. The summed E-state index contributed by atoms with van der Waals surface area (Å²) in [5.74, 6) is 0.585. The van der Waals surface area contributed by atoms with Crippen molar-refractivity contribution in [2.24, 2.45) is 5.92 Å². The molecule has 0 spiro atoms. The van der Waals surface area contributed by atoms with Gasteiger partial charge in [-0.25, -0.2) is 0 Å². The predicted octanol–water partition coefficient (Wildman–Crippen LogP) is 3.39. The van der Waals surface area contributed by atoms with Crippen LogP contribution in [0.5, 0.6) is 0 Å². The predicted molar refractivity (Wildman–Crippen MR) is 78.8 cm³/mol. The molecule has 100 valence electrons. The van der Waals surface area contributed by atoms with Gasteiger partial charge in [0.05, 0.1) is 6.61 Å².